The second-order valence-electron chi connectivity index (χ2n) is 2.48. The standard InChI is InChI=1S/C9H18N2S/c1-5-6-12-9(3)11-7-8(2)10-4/h10-11H,2-3,5-7H2,1,4H3. The van der Waals surface area contributed by atoms with Crippen LogP contribution in [0.4, 0.5) is 0 Å². The fourth-order valence-corrected chi connectivity index (χ4v) is 1.19. The summed E-state index contributed by atoms with van der Waals surface area (Å²) in [5, 5.41) is 7.17. The number of hydrogen-bond acceptors (Lipinski definition) is 3. The van der Waals surface area contributed by atoms with E-state index in [2.05, 4.69) is 30.7 Å². The molecule has 0 radical (unpaired) electrons. The maximum Gasteiger partial charge on any atom is 0.0611 e. The van der Waals surface area contributed by atoms with Crippen molar-refractivity contribution in [3.05, 3.63) is 23.9 Å². The smallest absolute Gasteiger partial charge is 0.0611 e. The number of likely N-dealkylation sites (N-methyl/N-ethyl adjacent to an activating group) is 1. The van der Waals surface area contributed by atoms with Gasteiger partial charge >= 0.3 is 0 Å². The SMILES string of the molecule is C=C(CNC(=C)SCCC)NC. The summed E-state index contributed by atoms with van der Waals surface area (Å²) in [6.45, 7) is 10.6. The summed E-state index contributed by atoms with van der Waals surface area (Å²) in [7, 11) is 1.87. The minimum absolute atomic E-state index is 0.756. The van der Waals surface area contributed by atoms with E-state index in [4.69, 9.17) is 0 Å². The van der Waals surface area contributed by atoms with Gasteiger partial charge in [-0.25, -0.2) is 0 Å². The van der Waals surface area contributed by atoms with Crippen LogP contribution in [-0.2, 0) is 0 Å². The highest BCUT2D eigenvalue weighted by Gasteiger charge is 1.93. The number of hydrogen-bond donors (Lipinski definition) is 2. The molecule has 0 aromatic carbocycles. The number of nitrogens with one attached hydrogen (secondary N) is 2. The van der Waals surface area contributed by atoms with Crippen molar-refractivity contribution in [2.24, 2.45) is 0 Å². The Labute approximate surface area is 79.5 Å². The maximum atomic E-state index is 3.88. The molecule has 0 amide bonds. The van der Waals surface area contributed by atoms with E-state index in [1.165, 1.54) is 6.42 Å². The summed E-state index contributed by atoms with van der Waals surface area (Å²) in [4.78, 5) is 0. The van der Waals surface area contributed by atoms with Crippen LogP contribution in [-0.4, -0.2) is 19.3 Å². The fraction of sp³-hybridized carbons (Fsp3) is 0.556. The molecule has 3 heteroatoms. The van der Waals surface area contributed by atoms with Gasteiger partial charge in [0.2, 0.25) is 0 Å². The minimum Gasteiger partial charge on any atom is -0.390 e. The van der Waals surface area contributed by atoms with Gasteiger partial charge in [-0.2, -0.15) is 0 Å². The Balaban J connectivity index is 3.37. The van der Waals surface area contributed by atoms with Crippen molar-refractivity contribution < 1.29 is 0 Å². The van der Waals surface area contributed by atoms with Crippen molar-refractivity contribution in [3.8, 4) is 0 Å². The minimum atomic E-state index is 0.756. The summed E-state index contributed by atoms with van der Waals surface area (Å²) in [6, 6.07) is 0. The van der Waals surface area contributed by atoms with Gasteiger partial charge < -0.3 is 10.6 Å². The monoisotopic (exact) mass is 186 g/mol. The van der Waals surface area contributed by atoms with Gasteiger partial charge in [0, 0.05) is 12.7 Å². The third-order valence-electron chi connectivity index (χ3n) is 1.33. The molecule has 0 aliphatic carbocycles. The van der Waals surface area contributed by atoms with E-state index in [1.54, 1.807) is 11.8 Å². The van der Waals surface area contributed by atoms with Gasteiger partial charge in [0.05, 0.1) is 11.6 Å². The third-order valence-corrected chi connectivity index (χ3v) is 2.44. The summed E-state index contributed by atoms with van der Waals surface area (Å²) >= 11 is 1.75. The van der Waals surface area contributed by atoms with Crippen LogP contribution >= 0.6 is 11.8 Å². The Morgan fingerprint density at radius 2 is 2.08 bits per heavy atom. The molecular weight excluding hydrogens is 168 g/mol. The van der Waals surface area contributed by atoms with Crippen molar-refractivity contribution in [3.63, 3.8) is 0 Å². The Morgan fingerprint density at radius 1 is 1.42 bits per heavy atom. The topological polar surface area (TPSA) is 24.1 Å². The molecule has 0 bridgehead atoms. The number of thioether (sulfide) groups is 1. The Kier molecular flexibility index (Phi) is 6.76. The lowest BCUT2D eigenvalue weighted by Crippen LogP contribution is -2.20. The highest BCUT2D eigenvalue weighted by Crippen LogP contribution is 2.10. The van der Waals surface area contributed by atoms with Crippen LogP contribution < -0.4 is 10.6 Å². The predicted octanol–water partition coefficient (Wildman–Crippen LogP) is 1.92. The second kappa shape index (κ2) is 7.10. The zero-order valence-electron chi connectivity index (χ0n) is 7.94. The van der Waals surface area contributed by atoms with E-state index in [-0.39, 0.29) is 0 Å². The van der Waals surface area contributed by atoms with Crippen molar-refractivity contribution in [2.75, 3.05) is 19.3 Å². The first-order chi connectivity index (χ1) is 5.70. The molecule has 0 saturated heterocycles. The molecule has 0 unspecified atom stereocenters. The Morgan fingerprint density at radius 3 is 2.58 bits per heavy atom. The molecule has 0 saturated carbocycles. The van der Waals surface area contributed by atoms with E-state index in [0.29, 0.717) is 0 Å². The van der Waals surface area contributed by atoms with Crippen LogP contribution in [0.5, 0.6) is 0 Å². The Hall–Kier alpha value is -0.570. The van der Waals surface area contributed by atoms with Crippen LogP contribution in [0.15, 0.2) is 23.9 Å². The molecule has 70 valence electrons. The van der Waals surface area contributed by atoms with Gasteiger partial charge in [-0.15, -0.1) is 11.8 Å². The molecule has 2 N–H and O–H groups in total. The van der Waals surface area contributed by atoms with Gasteiger partial charge in [0.15, 0.2) is 0 Å². The molecule has 0 atom stereocenters. The normalized spacial score (nSPS) is 9.17. The fourth-order valence-electron chi connectivity index (χ4n) is 0.570. The molecule has 0 aromatic rings. The summed E-state index contributed by atoms with van der Waals surface area (Å²) in [5.41, 5.74) is 0.980. The molecule has 0 heterocycles. The van der Waals surface area contributed by atoms with E-state index >= 15 is 0 Å². The first-order valence-corrected chi connectivity index (χ1v) is 5.10. The lowest BCUT2D eigenvalue weighted by Gasteiger charge is -2.09. The largest absolute Gasteiger partial charge is 0.390 e. The molecule has 0 aromatic heterocycles. The van der Waals surface area contributed by atoms with E-state index < -0.39 is 0 Å². The average molecular weight is 186 g/mol. The highest BCUT2D eigenvalue weighted by molar-refractivity contribution is 8.02. The second-order valence-corrected chi connectivity index (χ2v) is 3.67. The summed E-state index contributed by atoms with van der Waals surface area (Å²) in [5.74, 6) is 1.12. The molecule has 0 rings (SSSR count). The average Bonchev–Trinajstić information content (AvgIpc) is 2.10. The van der Waals surface area contributed by atoms with Crippen molar-refractivity contribution in [1.82, 2.24) is 10.6 Å². The Bertz CT molecular complexity index is 155. The van der Waals surface area contributed by atoms with Gasteiger partial charge in [0.1, 0.15) is 0 Å². The number of rotatable bonds is 7. The van der Waals surface area contributed by atoms with Gasteiger partial charge in [-0.05, 0) is 12.2 Å². The van der Waals surface area contributed by atoms with Crippen LogP contribution in [0.2, 0.25) is 0 Å². The zero-order chi connectivity index (χ0) is 9.40. The maximum absolute atomic E-state index is 3.88. The van der Waals surface area contributed by atoms with Crippen molar-refractivity contribution in [2.45, 2.75) is 13.3 Å². The summed E-state index contributed by atoms with van der Waals surface area (Å²) < 4.78 is 0. The van der Waals surface area contributed by atoms with E-state index in [9.17, 15) is 0 Å². The predicted molar refractivity (Wildman–Crippen MR) is 58.1 cm³/mol. The molecule has 0 aliphatic heterocycles. The van der Waals surface area contributed by atoms with Gasteiger partial charge in [-0.1, -0.05) is 20.1 Å². The highest BCUT2D eigenvalue weighted by atomic mass is 32.2. The van der Waals surface area contributed by atoms with Crippen LogP contribution in [0.3, 0.4) is 0 Å². The molecule has 0 aliphatic rings. The lowest BCUT2D eigenvalue weighted by atomic mass is 10.5. The molecule has 0 fully saturated rings. The zero-order valence-corrected chi connectivity index (χ0v) is 8.76. The van der Waals surface area contributed by atoms with E-state index in [1.807, 2.05) is 7.05 Å². The van der Waals surface area contributed by atoms with Crippen LogP contribution in [0.25, 0.3) is 0 Å². The van der Waals surface area contributed by atoms with Gasteiger partial charge in [0.25, 0.3) is 0 Å². The molecule has 2 nitrogen and oxygen atoms in total. The van der Waals surface area contributed by atoms with Gasteiger partial charge in [-0.3, -0.25) is 0 Å². The van der Waals surface area contributed by atoms with Crippen molar-refractivity contribution >= 4 is 11.8 Å². The third kappa shape index (κ3) is 6.16. The van der Waals surface area contributed by atoms with Crippen LogP contribution in [0.1, 0.15) is 13.3 Å². The summed E-state index contributed by atoms with van der Waals surface area (Å²) in [6.07, 6.45) is 1.18. The van der Waals surface area contributed by atoms with E-state index in [0.717, 1.165) is 23.0 Å². The molecule has 12 heavy (non-hydrogen) atoms. The van der Waals surface area contributed by atoms with Crippen LogP contribution in [0, 0.1) is 0 Å². The lowest BCUT2D eigenvalue weighted by molar-refractivity contribution is 0.842. The molecular formula is C9H18N2S. The first-order valence-electron chi connectivity index (χ1n) is 4.11. The van der Waals surface area contributed by atoms with Crippen molar-refractivity contribution in [1.29, 1.82) is 0 Å². The molecule has 0 spiro atoms. The first kappa shape index (κ1) is 11.4. The quantitative estimate of drug-likeness (QED) is 0.635.